The van der Waals surface area contributed by atoms with Crippen molar-refractivity contribution in [3.8, 4) is 0 Å². The van der Waals surface area contributed by atoms with Gasteiger partial charge in [0.2, 0.25) is 0 Å². The Labute approximate surface area is 133 Å². The first kappa shape index (κ1) is 14.8. The molecule has 0 saturated carbocycles. The molecule has 3 rings (SSSR count). The first-order valence-corrected chi connectivity index (χ1v) is 7.59. The van der Waals surface area contributed by atoms with Crippen molar-refractivity contribution in [3.05, 3.63) is 69.7 Å². The van der Waals surface area contributed by atoms with Gasteiger partial charge in [0.25, 0.3) is 0 Å². The summed E-state index contributed by atoms with van der Waals surface area (Å²) in [5.74, 6) is -0.782. The number of esters is 1. The number of carbonyl (C=O) groups excluding carboxylic acids is 2. The number of halogens is 1. The highest BCUT2D eigenvalue weighted by molar-refractivity contribution is 6.33. The Hall–Kier alpha value is -2.13. The minimum atomic E-state index is -0.583. The number of carbonyl (C=O) groups is 2. The summed E-state index contributed by atoms with van der Waals surface area (Å²) in [4.78, 5) is 24.1. The number of aryl methyl sites for hydroxylation is 2. The number of hydrogen-bond donors (Lipinski definition) is 0. The van der Waals surface area contributed by atoms with Crippen molar-refractivity contribution < 1.29 is 14.3 Å². The summed E-state index contributed by atoms with van der Waals surface area (Å²) in [6.45, 7) is -0.275. The summed E-state index contributed by atoms with van der Waals surface area (Å²) in [7, 11) is 0. The predicted molar refractivity (Wildman–Crippen MR) is 84.5 cm³/mol. The Kier molecular flexibility index (Phi) is 4.25. The number of ether oxygens (including phenoxy) is 1. The van der Waals surface area contributed by atoms with Crippen LogP contribution in [0.1, 0.15) is 38.3 Å². The van der Waals surface area contributed by atoms with Crippen molar-refractivity contribution >= 4 is 23.4 Å². The highest BCUT2D eigenvalue weighted by Gasteiger charge is 2.16. The maximum atomic E-state index is 12.2. The van der Waals surface area contributed by atoms with E-state index in [1.807, 2.05) is 12.1 Å². The number of benzene rings is 2. The van der Waals surface area contributed by atoms with Crippen molar-refractivity contribution in [3.63, 3.8) is 0 Å². The highest BCUT2D eigenvalue weighted by atomic mass is 35.5. The summed E-state index contributed by atoms with van der Waals surface area (Å²) >= 11 is 5.93. The minimum absolute atomic E-state index is 0.199. The minimum Gasteiger partial charge on any atom is -0.454 e. The van der Waals surface area contributed by atoms with Crippen LogP contribution in [-0.4, -0.2) is 18.4 Å². The molecule has 1 aliphatic rings. The largest absolute Gasteiger partial charge is 0.454 e. The first-order valence-electron chi connectivity index (χ1n) is 7.22. The normalized spacial score (nSPS) is 12.8. The molecular weight excluding hydrogens is 300 g/mol. The monoisotopic (exact) mass is 314 g/mol. The molecule has 0 atom stereocenters. The molecule has 22 heavy (non-hydrogen) atoms. The van der Waals surface area contributed by atoms with Gasteiger partial charge in [-0.25, -0.2) is 4.79 Å². The van der Waals surface area contributed by atoms with E-state index in [0.717, 1.165) is 19.3 Å². The van der Waals surface area contributed by atoms with Gasteiger partial charge in [-0.2, -0.15) is 0 Å². The van der Waals surface area contributed by atoms with Crippen LogP contribution in [0.5, 0.6) is 0 Å². The fraction of sp³-hybridized carbons (Fsp3) is 0.222. The summed E-state index contributed by atoms with van der Waals surface area (Å²) in [5.41, 5.74) is 3.39. The molecule has 0 aromatic heterocycles. The van der Waals surface area contributed by atoms with E-state index in [9.17, 15) is 9.59 Å². The van der Waals surface area contributed by atoms with Gasteiger partial charge in [0.05, 0.1) is 10.6 Å². The Morgan fingerprint density at radius 3 is 2.64 bits per heavy atom. The van der Waals surface area contributed by atoms with E-state index in [0.29, 0.717) is 10.6 Å². The molecule has 2 aromatic rings. The second-order valence-electron chi connectivity index (χ2n) is 5.32. The number of fused-ring (bicyclic) bond motifs is 1. The van der Waals surface area contributed by atoms with Gasteiger partial charge >= 0.3 is 5.97 Å². The molecule has 0 radical (unpaired) electrons. The molecule has 1 aliphatic carbocycles. The second kappa shape index (κ2) is 6.32. The van der Waals surface area contributed by atoms with E-state index in [2.05, 4.69) is 0 Å². The molecule has 0 heterocycles. The van der Waals surface area contributed by atoms with Crippen molar-refractivity contribution in [2.75, 3.05) is 6.61 Å². The Balaban J connectivity index is 1.65. The topological polar surface area (TPSA) is 43.4 Å². The molecule has 0 fully saturated rings. The van der Waals surface area contributed by atoms with Gasteiger partial charge in [-0.3, -0.25) is 4.79 Å². The third-order valence-corrected chi connectivity index (χ3v) is 4.18. The molecule has 0 spiro atoms. The molecule has 0 saturated heterocycles. The van der Waals surface area contributed by atoms with Crippen LogP contribution in [0.3, 0.4) is 0 Å². The van der Waals surface area contributed by atoms with Crippen LogP contribution in [0, 0.1) is 0 Å². The zero-order valence-electron chi connectivity index (χ0n) is 12.0. The molecule has 0 amide bonds. The zero-order valence-corrected chi connectivity index (χ0v) is 12.7. The number of rotatable bonds is 4. The summed E-state index contributed by atoms with van der Waals surface area (Å²) in [6.07, 6.45) is 3.22. The number of hydrogen-bond acceptors (Lipinski definition) is 3. The van der Waals surface area contributed by atoms with Crippen molar-refractivity contribution in [1.29, 1.82) is 0 Å². The van der Waals surface area contributed by atoms with Crippen molar-refractivity contribution in [1.82, 2.24) is 0 Å². The van der Waals surface area contributed by atoms with Crippen LogP contribution < -0.4 is 0 Å². The molecule has 2 aromatic carbocycles. The van der Waals surface area contributed by atoms with Crippen LogP contribution >= 0.6 is 11.6 Å². The Bertz CT molecular complexity index is 737. The van der Waals surface area contributed by atoms with E-state index in [1.165, 1.54) is 11.1 Å². The van der Waals surface area contributed by atoms with E-state index in [-0.39, 0.29) is 18.0 Å². The fourth-order valence-electron chi connectivity index (χ4n) is 2.66. The number of Topliss-reactive ketones (excluding diaryl/α,β-unsaturated/α-hetero) is 1. The van der Waals surface area contributed by atoms with Crippen molar-refractivity contribution in [2.24, 2.45) is 0 Å². The summed E-state index contributed by atoms with van der Waals surface area (Å²) in [6, 6.07) is 12.3. The van der Waals surface area contributed by atoms with Crippen molar-refractivity contribution in [2.45, 2.75) is 19.3 Å². The molecule has 4 heteroatoms. The predicted octanol–water partition coefficient (Wildman–Crippen LogP) is 3.87. The van der Waals surface area contributed by atoms with Gasteiger partial charge in [0.15, 0.2) is 12.4 Å². The van der Waals surface area contributed by atoms with Crippen LogP contribution in [0.2, 0.25) is 5.02 Å². The van der Waals surface area contributed by atoms with Gasteiger partial charge in [0, 0.05) is 5.56 Å². The van der Waals surface area contributed by atoms with Crippen LogP contribution in [-0.2, 0) is 17.6 Å². The Morgan fingerprint density at radius 2 is 1.82 bits per heavy atom. The maximum absolute atomic E-state index is 12.2. The SMILES string of the molecule is O=C(COC(=O)c1ccccc1Cl)c1ccc2c(c1)CCC2. The molecule has 112 valence electrons. The molecule has 3 nitrogen and oxygen atoms in total. The molecule has 0 unspecified atom stereocenters. The quantitative estimate of drug-likeness (QED) is 0.635. The van der Waals surface area contributed by atoms with Gasteiger partial charge in [-0.15, -0.1) is 0 Å². The highest BCUT2D eigenvalue weighted by Crippen LogP contribution is 2.23. The van der Waals surface area contributed by atoms with Crippen LogP contribution in [0.25, 0.3) is 0 Å². The smallest absolute Gasteiger partial charge is 0.340 e. The molecular formula is C18H15ClO3. The van der Waals surface area contributed by atoms with E-state index in [1.54, 1.807) is 30.3 Å². The van der Waals surface area contributed by atoms with Gasteiger partial charge < -0.3 is 4.74 Å². The summed E-state index contributed by atoms with van der Waals surface area (Å²) < 4.78 is 5.07. The number of ketones is 1. The fourth-order valence-corrected chi connectivity index (χ4v) is 2.88. The van der Waals surface area contributed by atoms with Gasteiger partial charge in [-0.05, 0) is 48.6 Å². The van der Waals surface area contributed by atoms with Gasteiger partial charge in [0.1, 0.15) is 0 Å². The van der Waals surface area contributed by atoms with Crippen LogP contribution in [0.15, 0.2) is 42.5 Å². The lowest BCUT2D eigenvalue weighted by molar-refractivity contribution is 0.0475. The van der Waals surface area contributed by atoms with E-state index in [4.69, 9.17) is 16.3 Å². The first-order chi connectivity index (χ1) is 10.6. The lowest BCUT2D eigenvalue weighted by Gasteiger charge is -2.07. The lowest BCUT2D eigenvalue weighted by atomic mass is 10.0. The molecule has 0 bridgehead atoms. The average Bonchev–Trinajstić information content (AvgIpc) is 3.00. The van der Waals surface area contributed by atoms with E-state index < -0.39 is 5.97 Å². The molecule has 0 aliphatic heterocycles. The average molecular weight is 315 g/mol. The lowest BCUT2D eigenvalue weighted by Crippen LogP contribution is -2.14. The summed E-state index contributed by atoms with van der Waals surface area (Å²) in [5, 5.41) is 0.317. The maximum Gasteiger partial charge on any atom is 0.340 e. The third kappa shape index (κ3) is 3.04. The standard InChI is InChI=1S/C18H15ClO3/c19-16-7-2-1-6-15(16)18(21)22-11-17(20)14-9-8-12-4-3-5-13(12)10-14/h1-2,6-10H,3-5,11H2. The van der Waals surface area contributed by atoms with Crippen LogP contribution in [0.4, 0.5) is 0 Å². The van der Waals surface area contributed by atoms with Gasteiger partial charge in [-0.1, -0.05) is 35.9 Å². The third-order valence-electron chi connectivity index (χ3n) is 3.85. The van der Waals surface area contributed by atoms with E-state index >= 15 is 0 Å². The Morgan fingerprint density at radius 1 is 1.05 bits per heavy atom. The molecule has 0 N–H and O–H groups in total. The second-order valence-corrected chi connectivity index (χ2v) is 5.72. The zero-order chi connectivity index (χ0) is 15.5.